The molecule has 0 bridgehead atoms. The van der Waals surface area contributed by atoms with Gasteiger partial charge in [-0.1, -0.05) is 5.11 Å². The highest BCUT2D eigenvalue weighted by Gasteiger charge is 2.35. The molecule has 7 nitrogen and oxygen atoms in total. The minimum Gasteiger partial charge on any atom is -0.479 e. The van der Waals surface area contributed by atoms with E-state index < -0.39 is 17.7 Å². The Bertz CT molecular complexity index is 266. The molecule has 1 aliphatic heterocycles. The highest BCUT2D eigenvalue weighted by atomic mass is 16.5. The first-order valence-electron chi connectivity index (χ1n) is 4.15. The Morgan fingerprint density at radius 1 is 1.79 bits per heavy atom. The third-order valence-electron chi connectivity index (χ3n) is 2.13. The number of carboxylic acids is 1. The van der Waals surface area contributed by atoms with Gasteiger partial charge < -0.3 is 14.9 Å². The second kappa shape index (κ2) is 4.28. The van der Waals surface area contributed by atoms with E-state index >= 15 is 0 Å². The maximum absolute atomic E-state index is 10.5. The molecule has 1 saturated heterocycles. The van der Waals surface area contributed by atoms with Gasteiger partial charge >= 0.3 is 5.97 Å². The molecule has 0 aromatic rings. The van der Waals surface area contributed by atoms with Crippen molar-refractivity contribution in [2.75, 3.05) is 13.2 Å². The maximum atomic E-state index is 10.5. The van der Waals surface area contributed by atoms with E-state index in [0.29, 0.717) is 0 Å². The summed E-state index contributed by atoms with van der Waals surface area (Å²) < 4.78 is 4.92. The molecule has 78 valence electrons. The average Bonchev–Trinajstić information content (AvgIpc) is 2.16. The minimum absolute atomic E-state index is 0.0875. The summed E-state index contributed by atoms with van der Waals surface area (Å²) in [6.45, 7) is -0.196. The van der Waals surface area contributed by atoms with Crippen LogP contribution in [-0.2, 0) is 9.53 Å². The zero-order valence-corrected chi connectivity index (χ0v) is 7.46. The number of hydrogen-bond donors (Lipinski definition) is 2. The molecule has 1 fully saturated rings. The molecular weight excluding hydrogens is 190 g/mol. The lowest BCUT2D eigenvalue weighted by Gasteiger charge is -2.33. The number of carbonyl (C=O) groups is 1. The van der Waals surface area contributed by atoms with Gasteiger partial charge in [-0.05, 0) is 18.4 Å². The highest BCUT2D eigenvalue weighted by Crippen LogP contribution is 2.23. The monoisotopic (exact) mass is 201 g/mol. The van der Waals surface area contributed by atoms with Gasteiger partial charge in [-0.2, -0.15) is 0 Å². The second-order valence-corrected chi connectivity index (χ2v) is 3.29. The minimum atomic E-state index is -1.21. The molecule has 0 amide bonds. The third-order valence-corrected chi connectivity index (χ3v) is 2.13. The Morgan fingerprint density at radius 3 is 2.93 bits per heavy atom. The number of hydrogen-bond acceptors (Lipinski definition) is 4. The predicted molar refractivity (Wildman–Crippen MR) is 45.6 cm³/mol. The molecule has 1 heterocycles. The van der Waals surface area contributed by atoms with E-state index in [1.54, 1.807) is 0 Å². The Hall–Kier alpha value is -1.30. The quantitative estimate of drug-likeness (QED) is 0.387. The van der Waals surface area contributed by atoms with Crippen molar-refractivity contribution in [2.24, 2.45) is 5.11 Å². The number of aliphatic hydroxyl groups is 1. The first-order valence-corrected chi connectivity index (χ1v) is 4.15. The van der Waals surface area contributed by atoms with Crippen molar-refractivity contribution < 1.29 is 19.7 Å². The van der Waals surface area contributed by atoms with Crippen LogP contribution in [0.4, 0.5) is 0 Å². The summed E-state index contributed by atoms with van der Waals surface area (Å²) in [5, 5.41) is 21.6. The Balaban J connectivity index is 2.48. The topological polar surface area (TPSA) is 116 Å². The van der Waals surface area contributed by atoms with Crippen LogP contribution in [0.15, 0.2) is 5.11 Å². The molecule has 0 saturated carbocycles. The van der Waals surface area contributed by atoms with Crippen LogP contribution < -0.4 is 0 Å². The number of aliphatic carboxylic acids is 1. The molecule has 2 N–H and O–H groups in total. The van der Waals surface area contributed by atoms with Crippen LogP contribution in [0.3, 0.4) is 0 Å². The zero-order chi connectivity index (χ0) is 10.6. The van der Waals surface area contributed by atoms with Gasteiger partial charge in [0.05, 0.1) is 18.8 Å². The first-order chi connectivity index (χ1) is 6.57. The van der Waals surface area contributed by atoms with Gasteiger partial charge in [-0.15, -0.1) is 0 Å². The number of azide groups is 1. The van der Waals surface area contributed by atoms with E-state index in [1.165, 1.54) is 0 Å². The molecule has 0 aromatic carbocycles. The number of rotatable bonds is 3. The van der Waals surface area contributed by atoms with Crippen molar-refractivity contribution >= 4 is 5.97 Å². The smallest absolute Gasteiger partial charge is 0.332 e. The molecular formula is C7H11N3O4. The van der Waals surface area contributed by atoms with E-state index in [1.807, 2.05) is 0 Å². The standard InChI is InChI=1S/C7H11N3O4/c8-10-9-3-7(13)2-1-5(6(11)12)14-4-7/h5,13H,1-4H2,(H,11,12). The molecule has 1 aliphatic rings. The highest BCUT2D eigenvalue weighted by molar-refractivity contribution is 5.72. The fraction of sp³-hybridized carbons (Fsp3) is 0.857. The van der Waals surface area contributed by atoms with Gasteiger partial charge in [0.2, 0.25) is 0 Å². The summed E-state index contributed by atoms with van der Waals surface area (Å²) in [5.74, 6) is -1.03. The van der Waals surface area contributed by atoms with Crippen molar-refractivity contribution in [1.29, 1.82) is 0 Å². The SMILES string of the molecule is [N-]=[N+]=NCC1(O)CCC(C(=O)O)OC1. The first kappa shape index (κ1) is 10.8. The number of carboxylic acid groups (broad SMARTS) is 1. The van der Waals surface area contributed by atoms with Crippen LogP contribution in [-0.4, -0.2) is 41.0 Å². The van der Waals surface area contributed by atoms with Gasteiger partial charge in [0.25, 0.3) is 0 Å². The summed E-state index contributed by atoms with van der Waals surface area (Å²) in [5.41, 5.74) is 6.85. The van der Waals surface area contributed by atoms with E-state index in [4.69, 9.17) is 15.4 Å². The van der Waals surface area contributed by atoms with Crippen molar-refractivity contribution in [3.63, 3.8) is 0 Å². The molecule has 14 heavy (non-hydrogen) atoms. The predicted octanol–water partition coefficient (Wildman–Crippen LogP) is 0.291. The second-order valence-electron chi connectivity index (χ2n) is 3.29. The van der Waals surface area contributed by atoms with Crippen molar-refractivity contribution in [2.45, 2.75) is 24.5 Å². The molecule has 0 aliphatic carbocycles. The van der Waals surface area contributed by atoms with E-state index in [2.05, 4.69) is 10.0 Å². The average molecular weight is 201 g/mol. The van der Waals surface area contributed by atoms with Crippen LogP contribution in [0.2, 0.25) is 0 Å². The van der Waals surface area contributed by atoms with Crippen LogP contribution in [0.25, 0.3) is 10.4 Å². The largest absolute Gasteiger partial charge is 0.479 e. The normalized spacial score (nSPS) is 31.9. The van der Waals surface area contributed by atoms with E-state index in [0.717, 1.165) is 0 Å². The van der Waals surface area contributed by atoms with Gasteiger partial charge in [-0.3, -0.25) is 0 Å². The van der Waals surface area contributed by atoms with Gasteiger partial charge in [0, 0.05) is 4.91 Å². The Morgan fingerprint density at radius 2 is 2.50 bits per heavy atom. The Kier molecular flexibility index (Phi) is 3.29. The lowest BCUT2D eigenvalue weighted by Crippen LogP contribution is -2.46. The molecule has 7 heteroatoms. The summed E-state index contributed by atoms with van der Waals surface area (Å²) in [6, 6.07) is 0. The van der Waals surface area contributed by atoms with Gasteiger partial charge in [-0.25, -0.2) is 4.79 Å². The van der Waals surface area contributed by atoms with Crippen molar-refractivity contribution in [3.8, 4) is 0 Å². The zero-order valence-electron chi connectivity index (χ0n) is 7.46. The van der Waals surface area contributed by atoms with Crippen LogP contribution in [0, 0.1) is 0 Å². The van der Waals surface area contributed by atoms with Gasteiger partial charge in [0.15, 0.2) is 6.10 Å². The molecule has 1 rings (SSSR count). The van der Waals surface area contributed by atoms with Gasteiger partial charge in [0.1, 0.15) is 0 Å². The van der Waals surface area contributed by atoms with E-state index in [-0.39, 0.29) is 26.0 Å². The molecule has 0 radical (unpaired) electrons. The number of ether oxygens (including phenoxy) is 1. The Labute approximate surface area is 79.9 Å². The fourth-order valence-corrected chi connectivity index (χ4v) is 1.29. The van der Waals surface area contributed by atoms with E-state index in [9.17, 15) is 9.90 Å². The fourth-order valence-electron chi connectivity index (χ4n) is 1.29. The molecule has 2 atom stereocenters. The van der Waals surface area contributed by atoms with Crippen LogP contribution in [0.1, 0.15) is 12.8 Å². The summed E-state index contributed by atoms with van der Waals surface area (Å²) in [7, 11) is 0. The van der Waals surface area contributed by atoms with Crippen molar-refractivity contribution in [3.05, 3.63) is 10.4 Å². The summed E-state index contributed by atoms with van der Waals surface area (Å²) in [6.07, 6.45) is -0.364. The molecule has 0 aromatic heterocycles. The van der Waals surface area contributed by atoms with Crippen LogP contribution >= 0.6 is 0 Å². The summed E-state index contributed by atoms with van der Waals surface area (Å²) in [4.78, 5) is 13.0. The maximum Gasteiger partial charge on any atom is 0.332 e. The molecule has 2 unspecified atom stereocenters. The lowest BCUT2D eigenvalue weighted by atomic mass is 9.94. The molecule has 0 spiro atoms. The lowest BCUT2D eigenvalue weighted by molar-refractivity contribution is -0.166. The van der Waals surface area contributed by atoms with Crippen LogP contribution in [0.5, 0.6) is 0 Å². The van der Waals surface area contributed by atoms with Crippen molar-refractivity contribution in [1.82, 2.24) is 0 Å². The summed E-state index contributed by atoms with van der Waals surface area (Å²) >= 11 is 0. The number of nitrogens with zero attached hydrogens (tertiary/aromatic N) is 3. The third kappa shape index (κ3) is 2.59.